The number of carbonyl (C=O) groups is 1. The molecule has 2 fully saturated rings. The summed E-state index contributed by atoms with van der Waals surface area (Å²) in [5.74, 6) is 0.202. The first kappa shape index (κ1) is 17.7. The van der Waals surface area contributed by atoms with Crippen molar-refractivity contribution >= 4 is 5.97 Å². The summed E-state index contributed by atoms with van der Waals surface area (Å²) in [6.45, 7) is 7.39. The van der Waals surface area contributed by atoms with Crippen molar-refractivity contribution in [3.8, 4) is 0 Å². The van der Waals surface area contributed by atoms with Gasteiger partial charge in [0.25, 0.3) is 0 Å². The molecule has 0 radical (unpaired) electrons. The second kappa shape index (κ2) is 9.51. The van der Waals surface area contributed by atoms with Crippen LogP contribution in [0.2, 0.25) is 0 Å². The van der Waals surface area contributed by atoms with Gasteiger partial charge in [-0.2, -0.15) is 0 Å². The van der Waals surface area contributed by atoms with Crippen LogP contribution >= 0.6 is 0 Å². The highest BCUT2D eigenvalue weighted by atomic mass is 16.5. The predicted molar refractivity (Wildman–Crippen MR) is 89.9 cm³/mol. The Labute approximate surface area is 136 Å². The average Bonchev–Trinajstić information content (AvgIpc) is 2.55. The minimum atomic E-state index is 0.0551. The van der Waals surface area contributed by atoms with Crippen LogP contribution in [0.1, 0.15) is 58.3 Å². The molecule has 0 aromatic carbocycles. The minimum Gasteiger partial charge on any atom is -0.465 e. The third-order valence-electron chi connectivity index (χ3n) is 5.31. The van der Waals surface area contributed by atoms with Gasteiger partial charge in [-0.25, -0.2) is 0 Å². The lowest BCUT2D eigenvalue weighted by Gasteiger charge is -2.40. The molecule has 0 atom stereocenters. The number of ether oxygens (including phenoxy) is 1. The van der Waals surface area contributed by atoms with Gasteiger partial charge in [0.15, 0.2) is 0 Å². The van der Waals surface area contributed by atoms with Crippen molar-refractivity contribution in [3.63, 3.8) is 0 Å². The summed E-state index contributed by atoms with van der Waals surface area (Å²) in [4.78, 5) is 17.1. The van der Waals surface area contributed by atoms with Gasteiger partial charge in [0, 0.05) is 6.04 Å². The Morgan fingerprint density at radius 2 is 1.68 bits per heavy atom. The monoisotopic (exact) mass is 310 g/mol. The zero-order valence-electron chi connectivity index (χ0n) is 14.6. The summed E-state index contributed by atoms with van der Waals surface area (Å²) >= 11 is 0. The van der Waals surface area contributed by atoms with E-state index in [0.717, 1.165) is 38.4 Å². The number of carbonyl (C=O) groups excluding carboxylic acids is 1. The molecule has 2 rings (SSSR count). The zero-order chi connectivity index (χ0) is 15.8. The van der Waals surface area contributed by atoms with Crippen molar-refractivity contribution in [1.29, 1.82) is 0 Å². The summed E-state index contributed by atoms with van der Waals surface area (Å²) in [6, 6.07) is 0.738. The van der Waals surface area contributed by atoms with Gasteiger partial charge in [-0.05, 0) is 65.3 Å². The molecule has 2 aliphatic rings. The van der Waals surface area contributed by atoms with E-state index in [0.29, 0.717) is 6.61 Å². The normalized spacial score (nSPS) is 22.8. The fourth-order valence-corrected chi connectivity index (χ4v) is 3.68. The molecule has 0 aromatic rings. The van der Waals surface area contributed by atoms with Crippen LogP contribution in [0.3, 0.4) is 0 Å². The van der Waals surface area contributed by atoms with Crippen LogP contribution in [0.25, 0.3) is 0 Å². The van der Waals surface area contributed by atoms with Gasteiger partial charge in [-0.1, -0.05) is 26.2 Å². The smallest absolute Gasteiger partial charge is 0.309 e. The van der Waals surface area contributed by atoms with Gasteiger partial charge in [-0.3, -0.25) is 4.79 Å². The summed E-state index contributed by atoms with van der Waals surface area (Å²) in [7, 11) is 2.21. The van der Waals surface area contributed by atoms with Gasteiger partial charge in [0.05, 0.1) is 12.5 Å². The molecular formula is C18H34N2O2. The number of hydrogen-bond donors (Lipinski definition) is 0. The highest BCUT2D eigenvalue weighted by Crippen LogP contribution is 2.24. The Balaban J connectivity index is 1.61. The van der Waals surface area contributed by atoms with Crippen LogP contribution < -0.4 is 0 Å². The van der Waals surface area contributed by atoms with E-state index >= 15 is 0 Å². The second-order valence-electron chi connectivity index (χ2n) is 7.07. The highest BCUT2D eigenvalue weighted by molar-refractivity contribution is 5.72. The lowest BCUT2D eigenvalue weighted by Crippen LogP contribution is -2.47. The molecule has 0 amide bonds. The van der Waals surface area contributed by atoms with Gasteiger partial charge in [0.1, 0.15) is 0 Å². The molecule has 0 saturated carbocycles. The third kappa shape index (κ3) is 5.54. The maximum absolute atomic E-state index is 12.1. The fraction of sp³-hybridized carbons (Fsp3) is 0.944. The average molecular weight is 310 g/mol. The maximum atomic E-state index is 12.1. The molecule has 22 heavy (non-hydrogen) atoms. The second-order valence-corrected chi connectivity index (χ2v) is 7.07. The third-order valence-corrected chi connectivity index (χ3v) is 5.31. The quantitative estimate of drug-likeness (QED) is 0.535. The van der Waals surface area contributed by atoms with Crippen LogP contribution in [0.15, 0.2) is 0 Å². The lowest BCUT2D eigenvalue weighted by molar-refractivity contribution is -0.150. The molecule has 4 heteroatoms. The highest BCUT2D eigenvalue weighted by Gasteiger charge is 2.30. The summed E-state index contributed by atoms with van der Waals surface area (Å²) < 4.78 is 5.46. The SMILES string of the molecule is CCCCCCOC(=O)C1CCN(C2CCN(C)CC2)CC1. The number of nitrogens with zero attached hydrogens (tertiary/aromatic N) is 2. The molecule has 2 heterocycles. The van der Waals surface area contributed by atoms with Gasteiger partial charge >= 0.3 is 5.97 Å². The molecular weight excluding hydrogens is 276 g/mol. The van der Waals surface area contributed by atoms with Crippen molar-refractivity contribution < 1.29 is 9.53 Å². The predicted octanol–water partition coefficient (Wildman–Crippen LogP) is 2.92. The van der Waals surface area contributed by atoms with Crippen LogP contribution in [0.4, 0.5) is 0 Å². The maximum Gasteiger partial charge on any atom is 0.309 e. The number of piperidine rings is 2. The Hall–Kier alpha value is -0.610. The standard InChI is InChI=1S/C18H34N2O2/c1-3-4-5-6-15-22-18(21)16-7-13-20(14-8-16)17-9-11-19(2)12-10-17/h16-17H,3-15H2,1-2H3. The van der Waals surface area contributed by atoms with E-state index in [1.807, 2.05) is 0 Å². The molecule has 0 unspecified atom stereocenters. The van der Waals surface area contributed by atoms with Crippen LogP contribution in [0, 0.1) is 5.92 Å². The minimum absolute atomic E-state index is 0.0551. The van der Waals surface area contributed by atoms with Crippen molar-refractivity contribution in [3.05, 3.63) is 0 Å². The molecule has 0 spiro atoms. The van der Waals surface area contributed by atoms with Crippen LogP contribution in [-0.4, -0.2) is 61.6 Å². The summed E-state index contributed by atoms with van der Waals surface area (Å²) in [5, 5.41) is 0. The Kier molecular flexibility index (Phi) is 7.67. The van der Waals surface area contributed by atoms with Crippen LogP contribution in [0.5, 0.6) is 0 Å². The van der Waals surface area contributed by atoms with E-state index < -0.39 is 0 Å². The molecule has 0 aromatic heterocycles. The van der Waals surface area contributed by atoms with Crippen molar-refractivity contribution in [2.45, 2.75) is 64.3 Å². The van der Waals surface area contributed by atoms with Crippen LogP contribution in [-0.2, 0) is 9.53 Å². The van der Waals surface area contributed by atoms with E-state index in [9.17, 15) is 4.79 Å². The van der Waals surface area contributed by atoms with E-state index in [4.69, 9.17) is 4.74 Å². The molecule has 0 aliphatic carbocycles. The Morgan fingerprint density at radius 1 is 1.00 bits per heavy atom. The first-order valence-electron chi connectivity index (χ1n) is 9.30. The van der Waals surface area contributed by atoms with Gasteiger partial charge in [0.2, 0.25) is 0 Å². The summed E-state index contributed by atoms with van der Waals surface area (Å²) in [5.41, 5.74) is 0. The molecule has 0 N–H and O–H groups in total. The molecule has 2 aliphatic heterocycles. The van der Waals surface area contributed by atoms with Crippen molar-refractivity contribution in [2.24, 2.45) is 5.92 Å². The number of esters is 1. The molecule has 4 nitrogen and oxygen atoms in total. The Morgan fingerprint density at radius 3 is 2.32 bits per heavy atom. The zero-order valence-corrected chi connectivity index (χ0v) is 14.6. The van der Waals surface area contributed by atoms with Gasteiger partial charge in [-0.15, -0.1) is 0 Å². The molecule has 2 saturated heterocycles. The van der Waals surface area contributed by atoms with Crippen molar-refractivity contribution in [2.75, 3.05) is 39.8 Å². The van der Waals surface area contributed by atoms with E-state index in [1.54, 1.807) is 0 Å². The largest absolute Gasteiger partial charge is 0.465 e. The molecule has 0 bridgehead atoms. The number of hydrogen-bond acceptors (Lipinski definition) is 4. The van der Waals surface area contributed by atoms with E-state index in [1.165, 1.54) is 45.2 Å². The first-order chi connectivity index (χ1) is 10.7. The van der Waals surface area contributed by atoms with Gasteiger partial charge < -0.3 is 14.5 Å². The van der Waals surface area contributed by atoms with E-state index in [2.05, 4.69) is 23.8 Å². The fourth-order valence-electron chi connectivity index (χ4n) is 3.68. The summed E-state index contributed by atoms with van der Waals surface area (Å²) in [6.07, 6.45) is 9.20. The number of likely N-dealkylation sites (tertiary alicyclic amines) is 2. The lowest BCUT2D eigenvalue weighted by atomic mass is 9.93. The first-order valence-corrected chi connectivity index (χ1v) is 9.30. The van der Waals surface area contributed by atoms with Crippen molar-refractivity contribution in [1.82, 2.24) is 9.80 Å². The van der Waals surface area contributed by atoms with E-state index in [-0.39, 0.29) is 11.9 Å². The Bertz CT molecular complexity index is 319. The topological polar surface area (TPSA) is 32.8 Å². The number of unbranched alkanes of at least 4 members (excludes halogenated alkanes) is 3. The molecule has 128 valence electrons. The number of rotatable bonds is 7.